The van der Waals surface area contributed by atoms with E-state index in [-0.39, 0.29) is 11.3 Å². The van der Waals surface area contributed by atoms with E-state index in [1.807, 2.05) is 73.7 Å². The Morgan fingerprint density at radius 3 is 2.33 bits per heavy atom. The summed E-state index contributed by atoms with van der Waals surface area (Å²) in [6.07, 6.45) is -0.790. The van der Waals surface area contributed by atoms with E-state index in [9.17, 15) is 9.59 Å². The highest BCUT2D eigenvalue weighted by molar-refractivity contribution is 6.02. The highest BCUT2D eigenvalue weighted by Gasteiger charge is 2.44. The Hall–Kier alpha value is -3.66. The molecule has 30 heavy (non-hydrogen) atoms. The fourth-order valence-electron chi connectivity index (χ4n) is 4.46. The highest BCUT2D eigenvalue weighted by Crippen LogP contribution is 2.45. The number of aryl methyl sites for hydroxylation is 2. The van der Waals surface area contributed by atoms with Crippen molar-refractivity contribution in [2.75, 3.05) is 0 Å². The Labute approximate surface area is 174 Å². The minimum atomic E-state index is -0.790. The maximum atomic E-state index is 13.5. The zero-order valence-electron chi connectivity index (χ0n) is 16.8. The summed E-state index contributed by atoms with van der Waals surface area (Å²) in [6.45, 7) is 2.00. The lowest BCUT2D eigenvalue weighted by atomic mass is 9.83. The van der Waals surface area contributed by atoms with Gasteiger partial charge in [-0.05, 0) is 30.2 Å². The molecule has 148 valence electrons. The van der Waals surface area contributed by atoms with E-state index >= 15 is 0 Å². The number of rotatable bonds is 3. The van der Waals surface area contributed by atoms with E-state index in [0.717, 1.165) is 22.0 Å². The average molecular weight is 395 g/mol. The molecule has 2 heterocycles. The number of carbonyl (C=O) groups excluding carboxylic acids is 1. The van der Waals surface area contributed by atoms with E-state index < -0.39 is 12.0 Å². The third-order valence-corrected chi connectivity index (χ3v) is 5.99. The molecule has 1 aromatic heterocycles. The second-order valence-corrected chi connectivity index (χ2v) is 7.73. The van der Waals surface area contributed by atoms with Crippen LogP contribution < -0.4 is 10.3 Å². The number of hydrogen-bond acceptors (Lipinski definition) is 3. The highest BCUT2D eigenvalue weighted by atomic mass is 16.5. The van der Waals surface area contributed by atoms with Gasteiger partial charge in [0.15, 0.2) is 6.10 Å². The Morgan fingerprint density at radius 2 is 1.57 bits per heavy atom. The summed E-state index contributed by atoms with van der Waals surface area (Å²) in [4.78, 5) is 27.0. The van der Waals surface area contributed by atoms with Crippen molar-refractivity contribution >= 4 is 16.7 Å². The maximum Gasteiger partial charge on any atom is 0.258 e. The van der Waals surface area contributed by atoms with Gasteiger partial charge in [-0.3, -0.25) is 9.59 Å². The molecule has 4 nitrogen and oxygen atoms in total. The lowest BCUT2D eigenvalue weighted by Gasteiger charge is -2.20. The largest absolute Gasteiger partial charge is 0.480 e. The summed E-state index contributed by atoms with van der Waals surface area (Å²) in [5.74, 6) is -0.0559. The second-order valence-electron chi connectivity index (χ2n) is 7.73. The number of ether oxygens (including phenoxy) is 1. The van der Waals surface area contributed by atoms with Crippen LogP contribution in [0.4, 0.5) is 0 Å². The molecule has 0 spiro atoms. The number of fused-ring (bicyclic) bond motifs is 3. The number of hydrogen-bond donors (Lipinski definition) is 0. The number of pyridine rings is 1. The second kappa shape index (κ2) is 6.99. The summed E-state index contributed by atoms with van der Waals surface area (Å²) in [5.41, 5.74) is 3.77. The third kappa shape index (κ3) is 2.68. The molecule has 0 fully saturated rings. The Bertz CT molecular complexity index is 1340. The Kier molecular flexibility index (Phi) is 4.28. The quantitative estimate of drug-likeness (QED) is 0.476. The number of carbonyl (C=O) groups is 1. The van der Waals surface area contributed by atoms with Gasteiger partial charge in [-0.15, -0.1) is 0 Å². The monoisotopic (exact) mass is 395 g/mol. The van der Waals surface area contributed by atoms with Crippen LogP contribution in [0, 0.1) is 6.92 Å². The molecule has 2 atom stereocenters. The van der Waals surface area contributed by atoms with Crippen molar-refractivity contribution in [2.24, 2.45) is 7.05 Å². The predicted molar refractivity (Wildman–Crippen MR) is 117 cm³/mol. The van der Waals surface area contributed by atoms with Gasteiger partial charge >= 0.3 is 0 Å². The lowest BCUT2D eigenvalue weighted by molar-refractivity contribution is 0.0808. The molecule has 2 unspecified atom stereocenters. The number of nitrogens with zero attached hydrogens (tertiary/aromatic N) is 1. The fourth-order valence-corrected chi connectivity index (χ4v) is 4.46. The first-order valence-corrected chi connectivity index (χ1v) is 10.0. The summed E-state index contributed by atoms with van der Waals surface area (Å²) in [5, 5.41) is 0.844. The minimum Gasteiger partial charge on any atom is -0.480 e. The van der Waals surface area contributed by atoms with Crippen molar-refractivity contribution in [3.8, 4) is 5.75 Å². The number of para-hydroxylation sites is 1. The summed E-state index contributed by atoms with van der Waals surface area (Å²) < 4.78 is 7.98. The lowest BCUT2D eigenvalue weighted by Crippen LogP contribution is -2.32. The van der Waals surface area contributed by atoms with Gasteiger partial charge < -0.3 is 9.30 Å². The van der Waals surface area contributed by atoms with Gasteiger partial charge in [0, 0.05) is 18.0 Å². The van der Waals surface area contributed by atoms with Crippen LogP contribution >= 0.6 is 0 Å². The van der Waals surface area contributed by atoms with Crippen molar-refractivity contribution in [3.05, 3.63) is 111 Å². The molecule has 0 saturated carbocycles. The van der Waals surface area contributed by atoms with Gasteiger partial charge in [0.05, 0.1) is 17.0 Å². The normalized spacial score (nSPS) is 17.5. The van der Waals surface area contributed by atoms with Crippen LogP contribution in [0.15, 0.2) is 83.7 Å². The van der Waals surface area contributed by atoms with Gasteiger partial charge in [0.25, 0.3) is 5.56 Å². The molecule has 0 radical (unpaired) electrons. The first-order valence-electron chi connectivity index (χ1n) is 10.0. The topological polar surface area (TPSA) is 48.3 Å². The van der Waals surface area contributed by atoms with Crippen molar-refractivity contribution in [3.63, 3.8) is 0 Å². The molecule has 0 amide bonds. The van der Waals surface area contributed by atoms with Crippen molar-refractivity contribution in [1.82, 2.24) is 4.57 Å². The number of aromatic nitrogens is 1. The molecule has 4 aromatic rings. The zero-order valence-corrected chi connectivity index (χ0v) is 16.8. The molecule has 3 aromatic carbocycles. The third-order valence-electron chi connectivity index (χ3n) is 5.99. The van der Waals surface area contributed by atoms with Crippen LogP contribution in [0.2, 0.25) is 0 Å². The van der Waals surface area contributed by atoms with Crippen LogP contribution in [0.25, 0.3) is 10.9 Å². The first kappa shape index (κ1) is 18.4. The van der Waals surface area contributed by atoms with Crippen LogP contribution in [0.5, 0.6) is 5.75 Å². The molecule has 0 aliphatic carbocycles. The maximum absolute atomic E-state index is 13.5. The van der Waals surface area contributed by atoms with Crippen LogP contribution in [0.3, 0.4) is 0 Å². The molecule has 1 aliphatic rings. The van der Waals surface area contributed by atoms with Crippen molar-refractivity contribution < 1.29 is 9.53 Å². The van der Waals surface area contributed by atoms with Crippen LogP contribution in [0.1, 0.15) is 33.0 Å². The van der Waals surface area contributed by atoms with Gasteiger partial charge in [0.2, 0.25) is 5.78 Å². The molecular weight excluding hydrogens is 374 g/mol. The van der Waals surface area contributed by atoms with Crippen molar-refractivity contribution in [2.45, 2.75) is 18.9 Å². The SMILES string of the molecule is Cc1ccccc1C1c2c(c3ccccc3n(C)c2=O)OC1C(=O)c1ccccc1. The molecule has 4 heteroatoms. The van der Waals surface area contributed by atoms with E-state index in [1.165, 1.54) is 0 Å². The van der Waals surface area contributed by atoms with Crippen molar-refractivity contribution in [1.29, 1.82) is 0 Å². The minimum absolute atomic E-state index is 0.119. The molecular formula is C26H21NO3. The summed E-state index contributed by atoms with van der Waals surface area (Å²) >= 11 is 0. The van der Waals surface area contributed by atoms with E-state index in [0.29, 0.717) is 16.9 Å². The van der Waals surface area contributed by atoms with Gasteiger partial charge in [-0.2, -0.15) is 0 Å². The smallest absolute Gasteiger partial charge is 0.258 e. The zero-order chi connectivity index (χ0) is 20.8. The molecule has 5 rings (SSSR count). The summed E-state index contributed by atoms with van der Waals surface area (Å²) in [7, 11) is 1.77. The number of ketones is 1. The molecule has 0 saturated heterocycles. The van der Waals surface area contributed by atoms with Gasteiger partial charge in [0.1, 0.15) is 5.75 Å². The first-order chi connectivity index (χ1) is 14.6. The molecule has 0 N–H and O–H groups in total. The molecule has 1 aliphatic heterocycles. The van der Waals surface area contributed by atoms with Gasteiger partial charge in [-0.25, -0.2) is 0 Å². The van der Waals surface area contributed by atoms with Crippen LogP contribution in [-0.4, -0.2) is 16.5 Å². The van der Waals surface area contributed by atoms with E-state index in [1.54, 1.807) is 23.7 Å². The van der Waals surface area contributed by atoms with E-state index in [2.05, 4.69) is 0 Å². The van der Waals surface area contributed by atoms with Crippen LogP contribution in [-0.2, 0) is 7.05 Å². The molecule has 0 bridgehead atoms. The standard InChI is InChI=1S/C26H21NO3/c1-16-10-6-7-13-18(16)21-22-24(19-14-8-9-15-20(19)27(2)26(22)29)30-25(21)23(28)17-11-4-3-5-12-17/h3-15,21,25H,1-2H3. The summed E-state index contributed by atoms with van der Waals surface area (Å²) in [6, 6.07) is 24.7. The number of Topliss-reactive ketones (excluding diaryl/α,β-unsaturated/α-hetero) is 1. The van der Waals surface area contributed by atoms with Gasteiger partial charge in [-0.1, -0.05) is 66.7 Å². The average Bonchev–Trinajstić information content (AvgIpc) is 3.18. The Balaban J connectivity index is 1.80. The fraction of sp³-hybridized carbons (Fsp3) is 0.154. The van der Waals surface area contributed by atoms with E-state index in [4.69, 9.17) is 4.74 Å². The number of benzene rings is 3. The predicted octanol–water partition coefficient (Wildman–Crippen LogP) is 4.62. The Morgan fingerprint density at radius 1 is 0.900 bits per heavy atom.